The van der Waals surface area contributed by atoms with Crippen LogP contribution < -0.4 is 10.1 Å². The van der Waals surface area contributed by atoms with E-state index in [0.717, 1.165) is 59.9 Å². The molecular formula is C28H35N5O3S. The lowest BCUT2D eigenvalue weighted by Crippen LogP contribution is -2.44. The van der Waals surface area contributed by atoms with Gasteiger partial charge >= 0.3 is 0 Å². The highest BCUT2D eigenvalue weighted by Crippen LogP contribution is 2.33. The molecule has 0 saturated carbocycles. The Hall–Kier alpha value is -3.30. The van der Waals surface area contributed by atoms with Crippen molar-refractivity contribution in [1.82, 2.24) is 19.8 Å². The molecule has 37 heavy (non-hydrogen) atoms. The topological polar surface area (TPSA) is 87.7 Å². The van der Waals surface area contributed by atoms with Crippen LogP contribution in [0.5, 0.6) is 5.75 Å². The summed E-state index contributed by atoms with van der Waals surface area (Å²) in [7, 11) is 5.57. The van der Waals surface area contributed by atoms with Gasteiger partial charge in [-0.1, -0.05) is 19.4 Å². The van der Waals surface area contributed by atoms with Crippen LogP contribution in [0, 0.1) is 0 Å². The minimum Gasteiger partial charge on any atom is -0.496 e. The fourth-order valence-corrected chi connectivity index (χ4v) is 5.35. The van der Waals surface area contributed by atoms with Crippen LogP contribution in [0.25, 0.3) is 21.8 Å². The van der Waals surface area contributed by atoms with Crippen molar-refractivity contribution in [2.24, 2.45) is 0 Å². The molecule has 0 bridgehead atoms. The number of rotatable bonds is 9. The maximum atomic E-state index is 13.3. The highest BCUT2D eigenvalue weighted by molar-refractivity contribution is 7.19. The van der Waals surface area contributed by atoms with Crippen LogP contribution in [0.15, 0.2) is 42.7 Å². The molecule has 3 heterocycles. The van der Waals surface area contributed by atoms with Crippen molar-refractivity contribution in [3.63, 3.8) is 0 Å². The normalized spacial score (nSPS) is 14.4. The lowest BCUT2D eigenvalue weighted by Gasteiger charge is -2.35. The summed E-state index contributed by atoms with van der Waals surface area (Å²) in [5, 5.41) is 3.75. The highest BCUT2D eigenvalue weighted by atomic mass is 32.1. The number of unbranched alkanes of at least 4 members (excludes halogenated alkanes) is 1. The SMILES string of the molecule is CCCCC(=O)Nc1ccc(-c2cncc(-c3ccc(C(=O)N(C)C4CCN(C)CC4)c(OC)c3)n2)s1. The number of piperidine rings is 1. The van der Waals surface area contributed by atoms with E-state index in [0.29, 0.717) is 23.4 Å². The minimum atomic E-state index is -0.0371. The quantitative estimate of drug-likeness (QED) is 0.418. The first-order valence-corrected chi connectivity index (χ1v) is 13.6. The Morgan fingerprint density at radius 1 is 1.16 bits per heavy atom. The zero-order valence-electron chi connectivity index (χ0n) is 22.0. The van der Waals surface area contributed by atoms with Gasteiger partial charge in [0.05, 0.1) is 46.3 Å². The van der Waals surface area contributed by atoms with E-state index in [9.17, 15) is 9.59 Å². The molecule has 1 aromatic carbocycles. The molecule has 1 saturated heterocycles. The van der Waals surface area contributed by atoms with E-state index >= 15 is 0 Å². The van der Waals surface area contributed by atoms with Crippen molar-refractivity contribution in [2.45, 2.75) is 45.1 Å². The number of methoxy groups -OCH3 is 1. The monoisotopic (exact) mass is 521 g/mol. The van der Waals surface area contributed by atoms with Crippen LogP contribution in [0.4, 0.5) is 5.00 Å². The van der Waals surface area contributed by atoms with Crippen molar-refractivity contribution < 1.29 is 14.3 Å². The largest absolute Gasteiger partial charge is 0.496 e. The Kier molecular flexibility index (Phi) is 8.89. The molecule has 2 aromatic heterocycles. The maximum Gasteiger partial charge on any atom is 0.257 e. The molecule has 1 aliphatic heterocycles. The van der Waals surface area contributed by atoms with Gasteiger partial charge in [-0.05, 0) is 63.7 Å². The van der Waals surface area contributed by atoms with Gasteiger partial charge in [-0.15, -0.1) is 11.3 Å². The molecule has 2 amide bonds. The van der Waals surface area contributed by atoms with Gasteiger partial charge in [0.1, 0.15) is 5.75 Å². The number of amides is 2. The number of anilines is 1. The first-order valence-electron chi connectivity index (χ1n) is 12.8. The molecule has 4 rings (SSSR count). The fraction of sp³-hybridized carbons (Fsp3) is 0.429. The number of nitrogens with one attached hydrogen (secondary N) is 1. The number of benzene rings is 1. The Labute approximate surface area is 222 Å². The molecule has 0 atom stereocenters. The molecule has 3 aromatic rings. The average molecular weight is 522 g/mol. The molecule has 9 heteroatoms. The van der Waals surface area contributed by atoms with Crippen LogP contribution in [0.2, 0.25) is 0 Å². The first-order chi connectivity index (χ1) is 17.9. The van der Waals surface area contributed by atoms with Crippen LogP contribution in [-0.4, -0.2) is 71.9 Å². The van der Waals surface area contributed by atoms with Gasteiger partial charge in [0.15, 0.2) is 0 Å². The summed E-state index contributed by atoms with van der Waals surface area (Å²) < 4.78 is 5.62. The van der Waals surface area contributed by atoms with Gasteiger partial charge in [0.25, 0.3) is 5.91 Å². The van der Waals surface area contributed by atoms with E-state index < -0.39 is 0 Å². The molecule has 0 unspecified atom stereocenters. The molecule has 8 nitrogen and oxygen atoms in total. The average Bonchev–Trinajstić information content (AvgIpc) is 3.39. The van der Waals surface area contributed by atoms with E-state index in [1.54, 1.807) is 19.5 Å². The Balaban J connectivity index is 1.51. The fourth-order valence-electron chi connectivity index (χ4n) is 4.47. The minimum absolute atomic E-state index is 0.0262. The number of nitrogens with zero attached hydrogens (tertiary/aromatic N) is 4. The Morgan fingerprint density at radius 3 is 2.65 bits per heavy atom. The standard InChI is InChI=1S/C28H35N5O3S/c1-5-6-7-26(34)31-27-11-10-25(37-27)23-18-29-17-22(30-23)19-8-9-21(24(16-19)36-4)28(35)33(3)20-12-14-32(2)15-13-20/h8-11,16-18,20H,5-7,12-15H2,1-4H3,(H,31,34). The summed E-state index contributed by atoms with van der Waals surface area (Å²) in [6.07, 6.45) is 7.73. The number of carbonyl (C=O) groups is 2. The third-order valence-electron chi connectivity index (χ3n) is 6.80. The lowest BCUT2D eigenvalue weighted by molar-refractivity contribution is -0.116. The molecule has 0 aliphatic carbocycles. The summed E-state index contributed by atoms with van der Waals surface area (Å²) in [5.41, 5.74) is 2.76. The summed E-state index contributed by atoms with van der Waals surface area (Å²) in [6.45, 7) is 4.05. The number of ether oxygens (including phenoxy) is 1. The molecule has 0 radical (unpaired) electrons. The third kappa shape index (κ3) is 6.53. The molecule has 1 fully saturated rings. The van der Waals surface area contributed by atoms with Crippen LogP contribution in [0.3, 0.4) is 0 Å². The van der Waals surface area contributed by atoms with Crippen LogP contribution >= 0.6 is 11.3 Å². The zero-order chi connectivity index (χ0) is 26.4. The summed E-state index contributed by atoms with van der Waals surface area (Å²) in [6, 6.07) is 9.60. The van der Waals surface area contributed by atoms with E-state index in [-0.39, 0.29) is 17.9 Å². The van der Waals surface area contributed by atoms with Gasteiger partial charge in [-0.3, -0.25) is 14.6 Å². The van der Waals surface area contributed by atoms with Crippen molar-refractivity contribution >= 4 is 28.2 Å². The summed E-state index contributed by atoms with van der Waals surface area (Å²) in [4.78, 5) is 39.6. The number of thiophene rings is 1. The summed E-state index contributed by atoms with van der Waals surface area (Å²) in [5.74, 6) is 0.505. The van der Waals surface area contributed by atoms with Crippen molar-refractivity contribution in [3.05, 3.63) is 48.3 Å². The highest BCUT2D eigenvalue weighted by Gasteiger charge is 2.26. The second-order valence-corrected chi connectivity index (χ2v) is 10.6. The van der Waals surface area contributed by atoms with E-state index in [1.165, 1.54) is 11.3 Å². The smallest absolute Gasteiger partial charge is 0.257 e. The van der Waals surface area contributed by atoms with Gasteiger partial charge in [0, 0.05) is 25.1 Å². The molecular weight excluding hydrogens is 486 g/mol. The van der Waals surface area contributed by atoms with Crippen LogP contribution in [0.1, 0.15) is 49.4 Å². The Morgan fingerprint density at radius 2 is 1.92 bits per heavy atom. The van der Waals surface area contributed by atoms with E-state index in [4.69, 9.17) is 9.72 Å². The second kappa shape index (κ2) is 12.3. The van der Waals surface area contributed by atoms with Gasteiger partial charge in [0.2, 0.25) is 5.91 Å². The molecule has 1 N–H and O–H groups in total. The number of likely N-dealkylation sites (tertiary alicyclic amines) is 1. The first kappa shape index (κ1) is 26.8. The van der Waals surface area contributed by atoms with Gasteiger partial charge in [-0.2, -0.15) is 0 Å². The van der Waals surface area contributed by atoms with E-state index in [2.05, 4.69) is 29.2 Å². The summed E-state index contributed by atoms with van der Waals surface area (Å²) >= 11 is 1.47. The lowest BCUT2D eigenvalue weighted by atomic mass is 10.0. The van der Waals surface area contributed by atoms with Gasteiger partial charge in [-0.25, -0.2) is 4.98 Å². The predicted molar refractivity (Wildman–Crippen MR) is 148 cm³/mol. The number of carbonyl (C=O) groups excluding carboxylic acids is 2. The zero-order valence-corrected chi connectivity index (χ0v) is 22.8. The maximum absolute atomic E-state index is 13.3. The number of aromatic nitrogens is 2. The van der Waals surface area contributed by atoms with Crippen molar-refractivity contribution in [1.29, 1.82) is 0 Å². The van der Waals surface area contributed by atoms with E-state index in [1.807, 2.05) is 42.3 Å². The molecule has 0 spiro atoms. The molecule has 196 valence electrons. The Bertz CT molecular complexity index is 1240. The molecule has 1 aliphatic rings. The number of hydrogen-bond donors (Lipinski definition) is 1. The van der Waals surface area contributed by atoms with Crippen molar-refractivity contribution in [2.75, 3.05) is 39.6 Å². The van der Waals surface area contributed by atoms with Crippen molar-refractivity contribution in [3.8, 4) is 27.6 Å². The van der Waals surface area contributed by atoms with Gasteiger partial charge < -0.3 is 19.9 Å². The predicted octanol–water partition coefficient (Wildman–Crippen LogP) is 5.18. The third-order valence-corrected chi connectivity index (χ3v) is 7.82. The van der Waals surface area contributed by atoms with Crippen LogP contribution in [-0.2, 0) is 4.79 Å². The number of hydrogen-bond acceptors (Lipinski definition) is 7. The second-order valence-electron chi connectivity index (χ2n) is 9.47.